The predicted octanol–water partition coefficient (Wildman–Crippen LogP) is 2.74. The van der Waals surface area contributed by atoms with Crippen LogP contribution in [0.2, 0.25) is 0 Å². The van der Waals surface area contributed by atoms with Crippen molar-refractivity contribution in [2.75, 3.05) is 13.3 Å². The second-order valence-electron chi connectivity index (χ2n) is 6.05. The van der Waals surface area contributed by atoms with E-state index in [9.17, 15) is 13.2 Å². The summed E-state index contributed by atoms with van der Waals surface area (Å²) in [5, 5.41) is 0. The molecule has 2 unspecified atom stereocenters. The summed E-state index contributed by atoms with van der Waals surface area (Å²) in [5.41, 5.74) is 0.443. The van der Waals surface area contributed by atoms with Gasteiger partial charge in [-0.2, -0.15) is 0 Å². The first-order chi connectivity index (χ1) is 9.80. The second-order valence-corrected chi connectivity index (χ2v) is 8.06. The smallest absolute Gasteiger partial charge is 0.253 e. The summed E-state index contributed by atoms with van der Waals surface area (Å²) in [6, 6.07) is 6.55. The molecule has 0 radical (unpaired) electrons. The number of nitrogens with zero attached hydrogens (tertiary/aromatic N) is 1. The summed E-state index contributed by atoms with van der Waals surface area (Å²) < 4.78 is 23.2. The van der Waals surface area contributed by atoms with Crippen LogP contribution in [0, 0.1) is 5.92 Å². The maximum absolute atomic E-state index is 12.6. The zero-order valence-electron chi connectivity index (χ0n) is 12.9. The number of sulfone groups is 1. The van der Waals surface area contributed by atoms with E-state index in [1.807, 2.05) is 7.05 Å². The zero-order valence-corrected chi connectivity index (χ0v) is 13.7. The van der Waals surface area contributed by atoms with Gasteiger partial charge in [-0.3, -0.25) is 4.79 Å². The fourth-order valence-electron chi connectivity index (χ4n) is 3.09. The van der Waals surface area contributed by atoms with Crippen LogP contribution in [-0.2, 0) is 9.84 Å². The first-order valence-electron chi connectivity index (χ1n) is 7.38. The Labute approximate surface area is 127 Å². The van der Waals surface area contributed by atoms with E-state index in [1.165, 1.54) is 18.6 Å². The number of hydrogen-bond donors (Lipinski definition) is 0. The molecule has 2 atom stereocenters. The van der Waals surface area contributed by atoms with Crippen LogP contribution in [0.5, 0.6) is 0 Å². The molecule has 1 saturated carbocycles. The van der Waals surface area contributed by atoms with E-state index in [0.29, 0.717) is 11.5 Å². The lowest BCUT2D eigenvalue weighted by Gasteiger charge is -2.36. The van der Waals surface area contributed by atoms with E-state index in [4.69, 9.17) is 0 Å². The summed E-state index contributed by atoms with van der Waals surface area (Å²) in [4.78, 5) is 14.6. The van der Waals surface area contributed by atoms with Gasteiger partial charge in [-0.25, -0.2) is 8.42 Å². The van der Waals surface area contributed by atoms with E-state index in [1.54, 1.807) is 17.0 Å². The molecule has 116 valence electrons. The molecular weight excluding hydrogens is 286 g/mol. The van der Waals surface area contributed by atoms with Crippen LogP contribution in [0.25, 0.3) is 0 Å². The molecule has 0 heterocycles. The summed E-state index contributed by atoms with van der Waals surface area (Å²) in [7, 11) is -1.47. The number of carbonyl (C=O) groups excluding carboxylic acids is 1. The fraction of sp³-hybridized carbons (Fsp3) is 0.562. The molecule has 0 spiro atoms. The van der Waals surface area contributed by atoms with E-state index >= 15 is 0 Å². The molecule has 0 aromatic heterocycles. The van der Waals surface area contributed by atoms with E-state index < -0.39 is 9.84 Å². The molecule has 1 aliphatic carbocycles. The first-order valence-corrected chi connectivity index (χ1v) is 9.27. The molecule has 2 rings (SSSR count). The van der Waals surface area contributed by atoms with Gasteiger partial charge in [-0.1, -0.05) is 25.8 Å². The maximum atomic E-state index is 12.6. The van der Waals surface area contributed by atoms with Gasteiger partial charge in [0.1, 0.15) is 0 Å². The van der Waals surface area contributed by atoms with E-state index in [-0.39, 0.29) is 16.8 Å². The highest BCUT2D eigenvalue weighted by molar-refractivity contribution is 7.90. The molecule has 1 aliphatic rings. The quantitative estimate of drug-likeness (QED) is 0.862. The highest BCUT2D eigenvalue weighted by Crippen LogP contribution is 2.28. The SMILES string of the molecule is CC1CCCCC1N(C)C(=O)c1cccc(S(C)(=O)=O)c1. The highest BCUT2D eigenvalue weighted by atomic mass is 32.2. The van der Waals surface area contributed by atoms with Crippen LogP contribution >= 0.6 is 0 Å². The molecule has 0 aliphatic heterocycles. The molecule has 1 fully saturated rings. The minimum atomic E-state index is -3.29. The Morgan fingerprint density at radius 2 is 1.90 bits per heavy atom. The van der Waals surface area contributed by atoms with Crippen molar-refractivity contribution < 1.29 is 13.2 Å². The van der Waals surface area contributed by atoms with Gasteiger partial charge in [-0.15, -0.1) is 0 Å². The Hall–Kier alpha value is -1.36. The average Bonchev–Trinajstić information content (AvgIpc) is 2.45. The van der Waals surface area contributed by atoms with Gasteiger partial charge in [0.05, 0.1) is 4.90 Å². The minimum absolute atomic E-state index is 0.0979. The monoisotopic (exact) mass is 309 g/mol. The Morgan fingerprint density at radius 1 is 1.24 bits per heavy atom. The summed E-state index contributed by atoms with van der Waals surface area (Å²) in [6.45, 7) is 2.18. The number of hydrogen-bond acceptors (Lipinski definition) is 3. The Morgan fingerprint density at radius 3 is 2.52 bits per heavy atom. The number of carbonyl (C=O) groups is 1. The van der Waals surface area contributed by atoms with Crippen molar-refractivity contribution in [1.29, 1.82) is 0 Å². The third kappa shape index (κ3) is 3.64. The third-order valence-electron chi connectivity index (χ3n) is 4.39. The molecule has 1 aromatic rings. The third-order valence-corrected chi connectivity index (χ3v) is 5.50. The van der Waals surface area contributed by atoms with Crippen LogP contribution in [0.4, 0.5) is 0 Å². The van der Waals surface area contributed by atoms with Crippen molar-refractivity contribution in [2.24, 2.45) is 5.92 Å². The van der Waals surface area contributed by atoms with Crippen LogP contribution in [0.15, 0.2) is 29.2 Å². The molecule has 1 aromatic carbocycles. The molecular formula is C16H23NO3S. The van der Waals surface area contributed by atoms with Crippen LogP contribution in [0.1, 0.15) is 43.0 Å². The van der Waals surface area contributed by atoms with Crippen molar-refractivity contribution in [2.45, 2.75) is 43.5 Å². The topological polar surface area (TPSA) is 54.5 Å². The Kier molecular flexibility index (Phi) is 4.71. The highest BCUT2D eigenvalue weighted by Gasteiger charge is 2.28. The molecule has 0 N–H and O–H groups in total. The van der Waals surface area contributed by atoms with Gasteiger partial charge in [0.25, 0.3) is 5.91 Å². The number of amides is 1. The van der Waals surface area contributed by atoms with Gasteiger partial charge in [0.2, 0.25) is 0 Å². The Bertz CT molecular complexity index is 624. The van der Waals surface area contributed by atoms with Gasteiger partial charge < -0.3 is 4.90 Å². The van der Waals surface area contributed by atoms with Crippen LogP contribution in [-0.4, -0.2) is 38.6 Å². The van der Waals surface area contributed by atoms with Crippen molar-refractivity contribution in [3.05, 3.63) is 29.8 Å². The van der Waals surface area contributed by atoms with Gasteiger partial charge in [0.15, 0.2) is 9.84 Å². The van der Waals surface area contributed by atoms with Crippen LogP contribution in [0.3, 0.4) is 0 Å². The minimum Gasteiger partial charge on any atom is -0.338 e. The fourth-order valence-corrected chi connectivity index (χ4v) is 3.75. The molecule has 5 heteroatoms. The molecule has 21 heavy (non-hydrogen) atoms. The maximum Gasteiger partial charge on any atom is 0.253 e. The van der Waals surface area contributed by atoms with Crippen molar-refractivity contribution in [1.82, 2.24) is 4.90 Å². The summed E-state index contributed by atoms with van der Waals surface area (Å²) >= 11 is 0. The Balaban J connectivity index is 2.23. The van der Waals surface area contributed by atoms with E-state index in [2.05, 4.69) is 6.92 Å². The van der Waals surface area contributed by atoms with Crippen molar-refractivity contribution in [3.63, 3.8) is 0 Å². The van der Waals surface area contributed by atoms with Crippen molar-refractivity contribution in [3.8, 4) is 0 Å². The lowest BCUT2D eigenvalue weighted by molar-refractivity contribution is 0.0628. The lowest BCUT2D eigenvalue weighted by Crippen LogP contribution is -2.42. The predicted molar refractivity (Wildman–Crippen MR) is 83.1 cm³/mol. The first kappa shape index (κ1) is 16.0. The zero-order chi connectivity index (χ0) is 15.6. The van der Waals surface area contributed by atoms with Crippen molar-refractivity contribution >= 4 is 15.7 Å². The van der Waals surface area contributed by atoms with Gasteiger partial charge in [0, 0.05) is 24.9 Å². The summed E-state index contributed by atoms with van der Waals surface area (Å²) in [5.74, 6) is 0.394. The number of benzene rings is 1. The van der Waals surface area contributed by atoms with Gasteiger partial charge >= 0.3 is 0 Å². The molecule has 0 saturated heterocycles. The largest absolute Gasteiger partial charge is 0.338 e. The lowest BCUT2D eigenvalue weighted by atomic mass is 9.85. The molecule has 1 amide bonds. The van der Waals surface area contributed by atoms with Gasteiger partial charge in [-0.05, 0) is 37.0 Å². The van der Waals surface area contributed by atoms with Crippen LogP contribution < -0.4 is 0 Å². The summed E-state index contributed by atoms with van der Waals surface area (Å²) in [6.07, 6.45) is 5.70. The second kappa shape index (κ2) is 6.18. The number of rotatable bonds is 3. The standard InChI is InChI=1S/C16H23NO3S/c1-12-7-4-5-10-15(12)17(2)16(18)13-8-6-9-14(11-13)21(3,19)20/h6,8-9,11-12,15H,4-5,7,10H2,1-3H3. The normalized spacial score (nSPS) is 22.8. The average molecular weight is 309 g/mol. The van der Waals surface area contributed by atoms with E-state index in [0.717, 1.165) is 25.5 Å². The molecule has 0 bridgehead atoms. The molecule has 4 nitrogen and oxygen atoms in total.